The fraction of sp³-hybridized carbons (Fsp3) is 0.400. The Bertz CT molecular complexity index is 186. The van der Waals surface area contributed by atoms with E-state index in [2.05, 4.69) is 5.10 Å². The lowest BCUT2D eigenvalue weighted by molar-refractivity contribution is 0.392. The molecule has 1 rings (SSSR count). The third kappa shape index (κ3) is 0.960. The van der Waals surface area contributed by atoms with Gasteiger partial charge in [0, 0.05) is 13.1 Å². The van der Waals surface area contributed by atoms with Gasteiger partial charge in [0.05, 0.1) is 7.11 Å². The first-order chi connectivity index (χ1) is 4.24. The Morgan fingerprint density at radius 1 is 1.78 bits per heavy atom. The van der Waals surface area contributed by atoms with Crippen LogP contribution in [0.3, 0.4) is 0 Å². The van der Waals surface area contributed by atoms with Crippen LogP contribution in [-0.2, 0) is 7.05 Å². The molecule has 9 heavy (non-hydrogen) atoms. The minimum atomic E-state index is 0.551. The topological polar surface area (TPSA) is 53.1 Å². The smallest absolute Gasteiger partial charge is 0.234 e. The average Bonchev–Trinajstić information content (AvgIpc) is 2.13. The van der Waals surface area contributed by atoms with Gasteiger partial charge in [-0.2, -0.15) is 0 Å². The van der Waals surface area contributed by atoms with Crippen LogP contribution < -0.4 is 10.5 Å². The lowest BCUT2D eigenvalue weighted by Gasteiger charge is -1.88. The lowest BCUT2D eigenvalue weighted by atomic mass is 10.6. The van der Waals surface area contributed by atoms with Crippen molar-refractivity contribution in [3.8, 4) is 5.88 Å². The van der Waals surface area contributed by atoms with Gasteiger partial charge in [-0.05, 0) is 0 Å². The summed E-state index contributed by atoms with van der Waals surface area (Å²) in [6.07, 6.45) is 0. The zero-order valence-corrected chi connectivity index (χ0v) is 5.46. The predicted octanol–water partition coefficient (Wildman–Crippen LogP) is 0.0109. The second-order valence-electron chi connectivity index (χ2n) is 1.74. The summed E-state index contributed by atoms with van der Waals surface area (Å²) in [6.45, 7) is 0. The first-order valence-corrected chi connectivity index (χ1v) is 2.57. The molecular weight excluding hydrogens is 118 g/mol. The molecule has 1 heterocycles. The minimum Gasteiger partial charge on any atom is -0.480 e. The van der Waals surface area contributed by atoms with E-state index in [9.17, 15) is 0 Å². The van der Waals surface area contributed by atoms with E-state index in [-0.39, 0.29) is 0 Å². The zero-order chi connectivity index (χ0) is 6.85. The minimum absolute atomic E-state index is 0.551. The van der Waals surface area contributed by atoms with Crippen molar-refractivity contribution in [2.45, 2.75) is 0 Å². The Hall–Kier alpha value is -1.19. The molecule has 0 unspecified atom stereocenters. The number of hydrogen-bond donors (Lipinski definition) is 1. The van der Waals surface area contributed by atoms with E-state index in [0.29, 0.717) is 11.7 Å². The molecule has 2 N–H and O–H groups in total. The number of ether oxygens (including phenoxy) is 1. The Morgan fingerprint density at radius 2 is 2.44 bits per heavy atom. The highest BCUT2D eigenvalue weighted by Gasteiger charge is 1.97. The average molecular weight is 127 g/mol. The molecule has 1 aromatic rings. The van der Waals surface area contributed by atoms with Gasteiger partial charge in [0.25, 0.3) is 0 Å². The summed E-state index contributed by atoms with van der Waals surface area (Å²) in [5.41, 5.74) is 5.44. The van der Waals surface area contributed by atoms with Gasteiger partial charge in [-0.15, -0.1) is 5.10 Å². The normalized spacial score (nSPS) is 9.56. The fourth-order valence-electron chi connectivity index (χ4n) is 0.554. The van der Waals surface area contributed by atoms with E-state index in [1.807, 2.05) is 0 Å². The van der Waals surface area contributed by atoms with Crippen LogP contribution in [-0.4, -0.2) is 16.9 Å². The summed E-state index contributed by atoms with van der Waals surface area (Å²) in [6, 6.07) is 1.67. The monoisotopic (exact) mass is 127 g/mol. The number of nitrogens with two attached hydrogens (primary N) is 1. The van der Waals surface area contributed by atoms with Crippen molar-refractivity contribution in [1.82, 2.24) is 9.78 Å². The van der Waals surface area contributed by atoms with Gasteiger partial charge >= 0.3 is 0 Å². The Balaban J connectivity index is 2.98. The number of aryl methyl sites for hydroxylation is 1. The number of nitrogens with zero attached hydrogens (tertiary/aromatic N) is 2. The summed E-state index contributed by atoms with van der Waals surface area (Å²) >= 11 is 0. The number of hydrogen-bond acceptors (Lipinski definition) is 3. The van der Waals surface area contributed by atoms with Gasteiger partial charge in [0.1, 0.15) is 5.82 Å². The van der Waals surface area contributed by atoms with Crippen molar-refractivity contribution < 1.29 is 4.74 Å². The molecule has 0 aromatic carbocycles. The van der Waals surface area contributed by atoms with Gasteiger partial charge in [-0.3, -0.25) is 0 Å². The number of nitrogen functional groups attached to an aromatic ring is 1. The fourth-order valence-corrected chi connectivity index (χ4v) is 0.554. The summed E-state index contributed by atoms with van der Waals surface area (Å²) in [4.78, 5) is 0. The molecule has 0 saturated heterocycles. The molecule has 1 aromatic heterocycles. The molecule has 0 fully saturated rings. The van der Waals surface area contributed by atoms with Crippen LogP contribution in [0, 0.1) is 0 Å². The highest BCUT2D eigenvalue weighted by molar-refractivity contribution is 5.33. The van der Waals surface area contributed by atoms with Crippen LogP contribution in [0.1, 0.15) is 0 Å². The van der Waals surface area contributed by atoms with Crippen molar-refractivity contribution in [2.24, 2.45) is 7.05 Å². The van der Waals surface area contributed by atoms with Gasteiger partial charge < -0.3 is 10.5 Å². The van der Waals surface area contributed by atoms with Crippen LogP contribution in [0.4, 0.5) is 5.82 Å². The Kier molecular flexibility index (Phi) is 1.30. The Morgan fingerprint density at radius 3 is 2.67 bits per heavy atom. The molecule has 4 heteroatoms. The van der Waals surface area contributed by atoms with E-state index >= 15 is 0 Å². The molecule has 0 spiro atoms. The van der Waals surface area contributed by atoms with Crippen molar-refractivity contribution >= 4 is 5.82 Å². The summed E-state index contributed by atoms with van der Waals surface area (Å²) in [7, 11) is 3.32. The van der Waals surface area contributed by atoms with Crippen molar-refractivity contribution in [3.63, 3.8) is 0 Å². The maximum Gasteiger partial charge on any atom is 0.234 e. The number of anilines is 1. The maximum atomic E-state index is 5.44. The molecule has 0 bridgehead atoms. The summed E-state index contributed by atoms with van der Waals surface area (Å²) in [5, 5.41) is 3.90. The standard InChI is InChI=1S/C5H9N3O/c1-8-4(6)3-5(7-8)9-2/h3H,6H2,1-2H3. The SMILES string of the molecule is COc1cc(N)n(C)n1. The van der Waals surface area contributed by atoms with Crippen LogP contribution in [0.2, 0.25) is 0 Å². The number of rotatable bonds is 1. The van der Waals surface area contributed by atoms with Crippen LogP contribution >= 0.6 is 0 Å². The molecule has 0 saturated carbocycles. The van der Waals surface area contributed by atoms with Crippen molar-refractivity contribution in [1.29, 1.82) is 0 Å². The third-order valence-electron chi connectivity index (χ3n) is 1.10. The van der Waals surface area contributed by atoms with E-state index < -0.39 is 0 Å². The Labute approximate surface area is 53.2 Å². The molecule has 0 aliphatic rings. The zero-order valence-electron chi connectivity index (χ0n) is 5.46. The summed E-state index contributed by atoms with van der Waals surface area (Å²) in [5.74, 6) is 1.15. The second kappa shape index (κ2) is 1.97. The largest absolute Gasteiger partial charge is 0.480 e. The summed E-state index contributed by atoms with van der Waals surface area (Å²) < 4.78 is 6.36. The molecule has 0 radical (unpaired) electrons. The highest BCUT2D eigenvalue weighted by atomic mass is 16.5. The van der Waals surface area contributed by atoms with Gasteiger partial charge in [-0.1, -0.05) is 0 Å². The molecule has 0 atom stereocenters. The molecule has 50 valence electrons. The third-order valence-corrected chi connectivity index (χ3v) is 1.10. The van der Waals surface area contributed by atoms with E-state index in [0.717, 1.165) is 0 Å². The first-order valence-electron chi connectivity index (χ1n) is 2.57. The quantitative estimate of drug-likeness (QED) is 0.578. The molecular formula is C5H9N3O. The van der Waals surface area contributed by atoms with Crippen LogP contribution in [0.25, 0.3) is 0 Å². The molecule has 4 nitrogen and oxygen atoms in total. The van der Waals surface area contributed by atoms with Crippen LogP contribution in [0.15, 0.2) is 6.07 Å². The van der Waals surface area contributed by atoms with E-state index in [1.165, 1.54) is 0 Å². The van der Waals surface area contributed by atoms with E-state index in [4.69, 9.17) is 10.5 Å². The number of methoxy groups -OCH3 is 1. The number of aromatic nitrogens is 2. The van der Waals surface area contributed by atoms with Gasteiger partial charge in [0.15, 0.2) is 0 Å². The van der Waals surface area contributed by atoms with E-state index in [1.54, 1.807) is 24.9 Å². The van der Waals surface area contributed by atoms with Gasteiger partial charge in [-0.25, -0.2) is 4.68 Å². The molecule has 0 aliphatic carbocycles. The van der Waals surface area contributed by atoms with Crippen LogP contribution in [0.5, 0.6) is 5.88 Å². The predicted molar refractivity (Wildman–Crippen MR) is 34.2 cm³/mol. The maximum absolute atomic E-state index is 5.44. The van der Waals surface area contributed by atoms with Gasteiger partial charge in [0.2, 0.25) is 5.88 Å². The lowest BCUT2D eigenvalue weighted by Crippen LogP contribution is -1.96. The van der Waals surface area contributed by atoms with Crippen molar-refractivity contribution in [3.05, 3.63) is 6.07 Å². The second-order valence-corrected chi connectivity index (χ2v) is 1.74. The highest BCUT2D eigenvalue weighted by Crippen LogP contribution is 2.10. The van der Waals surface area contributed by atoms with Crippen molar-refractivity contribution in [2.75, 3.05) is 12.8 Å². The first kappa shape index (κ1) is 5.94. The molecule has 0 amide bonds. The molecule has 0 aliphatic heterocycles.